The maximum atomic E-state index is 12.3. The summed E-state index contributed by atoms with van der Waals surface area (Å²) in [4.78, 5) is 11.5. The summed E-state index contributed by atoms with van der Waals surface area (Å²) < 4.78 is 34.1. The molecule has 0 unspecified atom stereocenters. The third-order valence-electron chi connectivity index (χ3n) is 3.25. The van der Waals surface area contributed by atoms with E-state index in [1.165, 1.54) is 25.3 Å². The Hall–Kier alpha value is -2.18. The van der Waals surface area contributed by atoms with Gasteiger partial charge >= 0.3 is 5.97 Å². The van der Waals surface area contributed by atoms with Crippen molar-refractivity contribution < 1.29 is 22.1 Å². The Morgan fingerprint density at radius 1 is 1.00 bits per heavy atom. The van der Waals surface area contributed by atoms with E-state index >= 15 is 0 Å². The lowest BCUT2D eigenvalue weighted by molar-refractivity contribution is 0.0595. The van der Waals surface area contributed by atoms with Crippen molar-refractivity contribution in [2.75, 3.05) is 13.7 Å². The van der Waals surface area contributed by atoms with Crippen LogP contribution in [0.5, 0.6) is 0 Å². The molecule has 0 bridgehead atoms. The van der Waals surface area contributed by atoms with Gasteiger partial charge in [-0.25, -0.2) is 4.79 Å². The molecular weight excluding hydrogens is 316 g/mol. The Bertz CT molecular complexity index is 754. The number of aryl methyl sites for hydroxylation is 1. The summed E-state index contributed by atoms with van der Waals surface area (Å²) >= 11 is 0. The predicted molar refractivity (Wildman–Crippen MR) is 85.7 cm³/mol. The highest BCUT2D eigenvalue weighted by molar-refractivity contribution is 7.86. The second-order valence-corrected chi connectivity index (χ2v) is 6.44. The average molecular weight is 334 g/mol. The first-order valence-corrected chi connectivity index (χ1v) is 8.56. The number of carbonyl (C=O) groups excluding carboxylic acids is 1. The van der Waals surface area contributed by atoms with E-state index in [0.717, 1.165) is 12.0 Å². The number of ether oxygens (including phenoxy) is 1. The van der Waals surface area contributed by atoms with Gasteiger partial charge in [0, 0.05) is 0 Å². The van der Waals surface area contributed by atoms with Gasteiger partial charge in [0.15, 0.2) is 0 Å². The lowest BCUT2D eigenvalue weighted by Crippen LogP contribution is -2.14. The van der Waals surface area contributed by atoms with Gasteiger partial charge in [0.1, 0.15) is 4.90 Å². The largest absolute Gasteiger partial charge is 0.465 e. The van der Waals surface area contributed by atoms with Crippen LogP contribution >= 0.6 is 0 Å². The molecular formula is C17H18O5S. The van der Waals surface area contributed by atoms with Crippen LogP contribution in [-0.2, 0) is 25.5 Å². The topological polar surface area (TPSA) is 69.7 Å². The van der Waals surface area contributed by atoms with Crippen molar-refractivity contribution in [1.29, 1.82) is 0 Å². The van der Waals surface area contributed by atoms with Crippen molar-refractivity contribution >= 4 is 16.1 Å². The summed E-state index contributed by atoms with van der Waals surface area (Å²) in [5, 5.41) is 0. The van der Waals surface area contributed by atoms with E-state index in [2.05, 4.69) is 4.74 Å². The first-order valence-electron chi connectivity index (χ1n) is 7.15. The zero-order chi connectivity index (χ0) is 16.7. The molecule has 6 heteroatoms. The normalized spacial score (nSPS) is 11.2. The minimum Gasteiger partial charge on any atom is -0.465 e. The van der Waals surface area contributed by atoms with Crippen molar-refractivity contribution in [2.24, 2.45) is 0 Å². The number of esters is 1. The molecule has 5 nitrogen and oxygen atoms in total. The fraction of sp³-hybridized carbons (Fsp3) is 0.235. The number of hydrogen-bond donors (Lipinski definition) is 0. The monoisotopic (exact) mass is 334 g/mol. The molecule has 2 rings (SSSR count). The Morgan fingerprint density at radius 3 is 2.35 bits per heavy atom. The Balaban J connectivity index is 2.01. The standard InChI is InChI=1S/C17H18O5S/c1-21-17(18)15-11-5-6-12-16(15)23(19,20)22-13-7-10-14-8-3-2-4-9-14/h2-6,8-9,11-12H,7,10,13H2,1H3. The van der Waals surface area contributed by atoms with Gasteiger partial charge in [-0.15, -0.1) is 0 Å². The minimum atomic E-state index is -4.00. The number of hydrogen-bond acceptors (Lipinski definition) is 5. The van der Waals surface area contributed by atoms with Gasteiger partial charge in [0.2, 0.25) is 0 Å². The number of rotatable bonds is 7. The maximum Gasteiger partial charge on any atom is 0.339 e. The Labute approximate surface area is 136 Å². The summed E-state index contributed by atoms with van der Waals surface area (Å²) in [7, 11) is -2.80. The highest BCUT2D eigenvalue weighted by atomic mass is 32.2. The van der Waals surface area contributed by atoms with Crippen LogP contribution in [0.2, 0.25) is 0 Å². The molecule has 0 aromatic heterocycles. The number of benzene rings is 2. The molecule has 0 radical (unpaired) electrons. The summed E-state index contributed by atoms with van der Waals surface area (Å²) in [5.41, 5.74) is 1.08. The van der Waals surface area contributed by atoms with Gasteiger partial charge in [-0.1, -0.05) is 42.5 Å². The van der Waals surface area contributed by atoms with Crippen molar-refractivity contribution in [1.82, 2.24) is 0 Å². The van der Waals surface area contributed by atoms with Crippen LogP contribution in [0, 0.1) is 0 Å². The van der Waals surface area contributed by atoms with E-state index in [4.69, 9.17) is 4.18 Å². The maximum absolute atomic E-state index is 12.3. The second-order valence-electron chi connectivity index (χ2n) is 4.85. The molecule has 0 N–H and O–H groups in total. The van der Waals surface area contributed by atoms with E-state index in [1.807, 2.05) is 30.3 Å². The molecule has 0 aliphatic carbocycles. The SMILES string of the molecule is COC(=O)c1ccccc1S(=O)(=O)OCCCc1ccccc1. The molecule has 0 aliphatic rings. The molecule has 0 fully saturated rings. The summed E-state index contributed by atoms with van der Waals surface area (Å²) in [6, 6.07) is 15.6. The second kappa shape index (κ2) is 7.89. The predicted octanol–water partition coefficient (Wildman–Crippen LogP) is 2.81. The van der Waals surface area contributed by atoms with Gasteiger partial charge in [-0.2, -0.15) is 8.42 Å². The van der Waals surface area contributed by atoms with E-state index in [0.29, 0.717) is 6.42 Å². The molecule has 0 saturated heterocycles. The molecule has 0 aliphatic heterocycles. The number of methoxy groups -OCH3 is 1. The summed E-state index contributed by atoms with van der Waals surface area (Å²) in [6.07, 6.45) is 1.28. The van der Waals surface area contributed by atoms with Crippen molar-refractivity contribution in [3.63, 3.8) is 0 Å². The van der Waals surface area contributed by atoms with Crippen molar-refractivity contribution in [3.05, 3.63) is 65.7 Å². The zero-order valence-corrected chi connectivity index (χ0v) is 13.6. The first-order chi connectivity index (χ1) is 11.0. The molecule has 2 aromatic carbocycles. The smallest absolute Gasteiger partial charge is 0.339 e. The zero-order valence-electron chi connectivity index (χ0n) is 12.8. The fourth-order valence-electron chi connectivity index (χ4n) is 2.12. The van der Waals surface area contributed by atoms with E-state index in [9.17, 15) is 13.2 Å². The van der Waals surface area contributed by atoms with Gasteiger partial charge in [0.25, 0.3) is 10.1 Å². The summed E-state index contributed by atoms with van der Waals surface area (Å²) in [5.74, 6) is -0.711. The molecule has 0 atom stereocenters. The van der Waals surface area contributed by atoms with E-state index < -0.39 is 16.1 Å². The average Bonchev–Trinajstić information content (AvgIpc) is 2.59. The van der Waals surface area contributed by atoms with Crippen LogP contribution in [0.15, 0.2) is 59.5 Å². The Kier molecular flexibility index (Phi) is 5.90. The molecule has 0 spiro atoms. The van der Waals surface area contributed by atoms with E-state index in [-0.39, 0.29) is 17.1 Å². The van der Waals surface area contributed by atoms with Crippen molar-refractivity contribution in [3.8, 4) is 0 Å². The molecule has 2 aromatic rings. The van der Waals surface area contributed by atoms with Crippen LogP contribution in [0.25, 0.3) is 0 Å². The third kappa shape index (κ3) is 4.64. The Morgan fingerprint density at radius 2 is 1.65 bits per heavy atom. The third-order valence-corrected chi connectivity index (χ3v) is 4.62. The van der Waals surface area contributed by atoms with Crippen molar-refractivity contribution in [2.45, 2.75) is 17.7 Å². The number of carbonyl (C=O) groups is 1. The quantitative estimate of drug-likeness (QED) is 0.442. The van der Waals surface area contributed by atoms with Crippen LogP contribution < -0.4 is 0 Å². The molecule has 0 heterocycles. The molecule has 0 saturated carbocycles. The fourth-order valence-corrected chi connectivity index (χ4v) is 3.25. The van der Waals surface area contributed by atoms with Gasteiger partial charge in [0.05, 0.1) is 19.3 Å². The molecule has 0 amide bonds. The highest BCUT2D eigenvalue weighted by Crippen LogP contribution is 2.19. The molecule has 122 valence electrons. The first kappa shape index (κ1) is 17.2. The van der Waals surface area contributed by atoms with Crippen LogP contribution in [0.3, 0.4) is 0 Å². The lowest BCUT2D eigenvalue weighted by Gasteiger charge is -2.09. The van der Waals surface area contributed by atoms with Crippen LogP contribution in [0.4, 0.5) is 0 Å². The minimum absolute atomic E-state index is 0.0296. The van der Waals surface area contributed by atoms with Crippen LogP contribution in [0.1, 0.15) is 22.3 Å². The summed E-state index contributed by atoms with van der Waals surface area (Å²) in [6.45, 7) is 0.0483. The lowest BCUT2D eigenvalue weighted by atomic mass is 10.1. The molecule has 23 heavy (non-hydrogen) atoms. The van der Waals surface area contributed by atoms with E-state index in [1.54, 1.807) is 6.07 Å². The van der Waals surface area contributed by atoms with Gasteiger partial charge in [-0.3, -0.25) is 4.18 Å². The van der Waals surface area contributed by atoms with Crippen LogP contribution in [-0.4, -0.2) is 28.1 Å². The van der Waals surface area contributed by atoms with Gasteiger partial charge in [-0.05, 0) is 30.5 Å². The highest BCUT2D eigenvalue weighted by Gasteiger charge is 2.23. The van der Waals surface area contributed by atoms with Gasteiger partial charge < -0.3 is 4.74 Å².